The average molecular weight is 444 g/mol. The van der Waals surface area contributed by atoms with Gasteiger partial charge in [-0.2, -0.15) is 0 Å². The van der Waals surface area contributed by atoms with Crippen molar-refractivity contribution in [2.24, 2.45) is 11.1 Å². The van der Waals surface area contributed by atoms with Crippen LogP contribution < -0.4 is 10.0 Å². The van der Waals surface area contributed by atoms with Crippen LogP contribution >= 0.6 is 0 Å². The lowest BCUT2D eigenvalue weighted by molar-refractivity contribution is -0.118. The topological polar surface area (TPSA) is 93.4 Å². The van der Waals surface area contributed by atoms with Gasteiger partial charge in [-0.05, 0) is 61.3 Å². The van der Waals surface area contributed by atoms with E-state index < -0.39 is 10.0 Å². The summed E-state index contributed by atoms with van der Waals surface area (Å²) in [6.45, 7) is 6.36. The van der Waals surface area contributed by atoms with Crippen molar-refractivity contribution in [1.82, 2.24) is 4.98 Å². The van der Waals surface area contributed by atoms with Crippen LogP contribution in [0.15, 0.2) is 36.4 Å². The zero-order chi connectivity index (χ0) is 22.4. The fraction of sp³-hybridized carbons (Fsp3) is 0.500. The number of nitrogens with zero attached hydrogens (tertiary/aromatic N) is 2. The third-order valence-corrected chi connectivity index (χ3v) is 6.72. The highest BCUT2D eigenvalue weighted by molar-refractivity contribution is 7.89. The number of rotatable bonds is 9. The maximum atomic E-state index is 12.6. The third-order valence-electron chi connectivity index (χ3n) is 5.95. The van der Waals surface area contributed by atoms with Gasteiger partial charge in [0.05, 0.1) is 5.75 Å². The molecule has 2 aromatic rings. The molecule has 0 saturated carbocycles. The molecule has 2 heterocycles. The molecule has 0 radical (unpaired) electrons. The van der Waals surface area contributed by atoms with Gasteiger partial charge in [-0.1, -0.05) is 37.3 Å². The van der Waals surface area contributed by atoms with Gasteiger partial charge in [0.2, 0.25) is 10.0 Å². The molecule has 1 fully saturated rings. The number of ketones is 1. The van der Waals surface area contributed by atoms with E-state index in [4.69, 9.17) is 10.1 Å². The monoisotopic (exact) mass is 443 g/mol. The number of Topliss-reactive ketones (excluding diaryl/α,β-unsaturated/α-hetero) is 1. The molecule has 3 rings (SSSR count). The minimum atomic E-state index is -3.47. The highest BCUT2D eigenvalue weighted by atomic mass is 32.2. The summed E-state index contributed by atoms with van der Waals surface area (Å²) < 4.78 is 22.2. The quantitative estimate of drug-likeness (QED) is 0.642. The Morgan fingerprint density at radius 3 is 2.35 bits per heavy atom. The highest BCUT2D eigenvalue weighted by Crippen LogP contribution is 2.26. The van der Waals surface area contributed by atoms with Gasteiger partial charge in [0.25, 0.3) is 0 Å². The van der Waals surface area contributed by atoms with Gasteiger partial charge in [-0.3, -0.25) is 4.79 Å². The molecule has 31 heavy (non-hydrogen) atoms. The number of hydrogen-bond donors (Lipinski definition) is 1. The van der Waals surface area contributed by atoms with Crippen LogP contribution in [0.3, 0.4) is 0 Å². The average Bonchev–Trinajstić information content (AvgIpc) is 2.72. The van der Waals surface area contributed by atoms with E-state index in [0.717, 1.165) is 47.2 Å². The molecule has 1 aromatic carbocycles. The number of sulfonamides is 1. The Morgan fingerprint density at radius 2 is 1.71 bits per heavy atom. The number of aromatic nitrogens is 1. The number of pyridine rings is 1. The first-order chi connectivity index (χ1) is 14.7. The van der Waals surface area contributed by atoms with Crippen LogP contribution in [0.1, 0.15) is 48.6 Å². The maximum absolute atomic E-state index is 12.6. The van der Waals surface area contributed by atoms with E-state index in [1.807, 2.05) is 37.3 Å². The van der Waals surface area contributed by atoms with Gasteiger partial charge in [0.1, 0.15) is 11.6 Å². The van der Waals surface area contributed by atoms with Crippen molar-refractivity contribution in [3.8, 4) is 0 Å². The van der Waals surface area contributed by atoms with Crippen LogP contribution in [-0.4, -0.2) is 38.0 Å². The number of anilines is 1. The van der Waals surface area contributed by atoms with Crippen LogP contribution in [0, 0.1) is 12.8 Å². The summed E-state index contributed by atoms with van der Waals surface area (Å²) in [5.41, 5.74) is 3.99. The molecular weight excluding hydrogens is 410 g/mol. The number of aryl methyl sites for hydroxylation is 3. The molecule has 6 nitrogen and oxygen atoms in total. The number of piperidine rings is 1. The largest absolute Gasteiger partial charge is 0.356 e. The standard InChI is InChI=1S/C24H33N3O3S/c1-18-11-14-27(15-12-18)24-22(8-3-19(2)26-24)9-10-23(28)17-21-6-4-20(5-7-21)13-16-31(25,29)30/h3-8,18H,9-17H2,1-2H3,(H2,25,29,30). The van der Waals surface area contributed by atoms with Crippen molar-refractivity contribution in [2.75, 3.05) is 23.7 Å². The number of nitrogens with two attached hydrogens (primary N) is 1. The molecule has 7 heteroatoms. The third kappa shape index (κ3) is 7.43. The van der Waals surface area contributed by atoms with Gasteiger partial charge >= 0.3 is 0 Å². The molecule has 1 aliphatic rings. The molecule has 0 bridgehead atoms. The molecule has 0 atom stereocenters. The summed E-state index contributed by atoms with van der Waals surface area (Å²) in [6.07, 6.45) is 4.30. The van der Waals surface area contributed by atoms with Crippen LogP contribution in [0.25, 0.3) is 0 Å². The first-order valence-electron chi connectivity index (χ1n) is 11.0. The molecule has 1 aromatic heterocycles. The molecule has 1 saturated heterocycles. The molecular formula is C24H33N3O3S. The van der Waals surface area contributed by atoms with Gasteiger partial charge in [0.15, 0.2) is 0 Å². The Balaban J connectivity index is 1.56. The molecule has 1 aliphatic heterocycles. The minimum Gasteiger partial charge on any atom is -0.356 e. The van der Waals surface area contributed by atoms with E-state index >= 15 is 0 Å². The fourth-order valence-corrected chi connectivity index (χ4v) is 4.46. The number of benzene rings is 1. The van der Waals surface area contributed by atoms with E-state index in [1.54, 1.807) is 0 Å². The van der Waals surface area contributed by atoms with Crippen LogP contribution in [0.2, 0.25) is 0 Å². The Morgan fingerprint density at radius 1 is 1.06 bits per heavy atom. The summed E-state index contributed by atoms with van der Waals surface area (Å²) in [7, 11) is -3.47. The predicted octanol–water partition coefficient (Wildman–Crippen LogP) is 3.20. The van der Waals surface area contributed by atoms with Gasteiger partial charge in [-0.25, -0.2) is 18.5 Å². The molecule has 2 N–H and O–H groups in total. The lowest BCUT2D eigenvalue weighted by atomic mass is 9.98. The summed E-state index contributed by atoms with van der Waals surface area (Å²) in [5, 5.41) is 5.05. The fourth-order valence-electron chi connectivity index (χ4n) is 3.94. The molecule has 0 unspecified atom stereocenters. The van der Waals surface area contributed by atoms with Crippen molar-refractivity contribution < 1.29 is 13.2 Å². The first kappa shape index (κ1) is 23.4. The predicted molar refractivity (Wildman–Crippen MR) is 125 cm³/mol. The second-order valence-electron chi connectivity index (χ2n) is 8.75. The van der Waals surface area contributed by atoms with Crippen LogP contribution in [0.5, 0.6) is 0 Å². The van der Waals surface area contributed by atoms with Crippen molar-refractivity contribution in [1.29, 1.82) is 0 Å². The smallest absolute Gasteiger partial charge is 0.209 e. The van der Waals surface area contributed by atoms with Crippen LogP contribution in [0.4, 0.5) is 5.82 Å². The second-order valence-corrected chi connectivity index (χ2v) is 10.5. The number of primary sulfonamides is 1. The Labute approximate surface area is 185 Å². The SMILES string of the molecule is Cc1ccc(CCC(=O)Cc2ccc(CCS(N)(=O)=O)cc2)c(N2CCC(C)CC2)n1. The van der Waals surface area contributed by atoms with Gasteiger partial charge in [0, 0.05) is 31.6 Å². The lowest BCUT2D eigenvalue weighted by Crippen LogP contribution is -2.34. The van der Waals surface area contributed by atoms with Gasteiger partial charge < -0.3 is 4.90 Å². The highest BCUT2D eigenvalue weighted by Gasteiger charge is 2.20. The Bertz CT molecular complexity index is 995. The van der Waals surface area contributed by atoms with Crippen molar-refractivity contribution >= 4 is 21.6 Å². The first-order valence-corrected chi connectivity index (χ1v) is 12.7. The molecule has 0 spiro atoms. The van der Waals surface area contributed by atoms with Crippen LogP contribution in [-0.2, 0) is 34.1 Å². The summed E-state index contributed by atoms with van der Waals surface area (Å²) >= 11 is 0. The number of carbonyl (C=O) groups is 1. The maximum Gasteiger partial charge on any atom is 0.209 e. The van der Waals surface area contributed by atoms with Crippen molar-refractivity contribution in [2.45, 2.75) is 52.4 Å². The summed E-state index contributed by atoms with van der Waals surface area (Å²) in [6, 6.07) is 11.7. The van der Waals surface area contributed by atoms with E-state index in [2.05, 4.69) is 17.9 Å². The Kier molecular flexibility index (Phi) is 7.84. The summed E-state index contributed by atoms with van der Waals surface area (Å²) in [5.74, 6) is 1.92. The van der Waals surface area contributed by atoms with Gasteiger partial charge in [-0.15, -0.1) is 0 Å². The van der Waals surface area contributed by atoms with E-state index in [9.17, 15) is 13.2 Å². The number of hydrogen-bond acceptors (Lipinski definition) is 5. The molecule has 0 aliphatic carbocycles. The summed E-state index contributed by atoms with van der Waals surface area (Å²) in [4.78, 5) is 19.8. The minimum absolute atomic E-state index is 0.0753. The second kappa shape index (κ2) is 10.4. The van der Waals surface area contributed by atoms with Crippen molar-refractivity contribution in [3.05, 3.63) is 58.8 Å². The molecule has 168 valence electrons. The Hall–Kier alpha value is -2.25. The lowest BCUT2D eigenvalue weighted by Gasteiger charge is -2.32. The number of carbonyl (C=O) groups excluding carboxylic acids is 1. The van der Waals surface area contributed by atoms with Crippen molar-refractivity contribution in [3.63, 3.8) is 0 Å². The zero-order valence-electron chi connectivity index (χ0n) is 18.5. The normalized spacial score (nSPS) is 15.3. The van der Waals surface area contributed by atoms with E-state index in [1.165, 1.54) is 12.8 Å². The molecule has 0 amide bonds. The van der Waals surface area contributed by atoms with E-state index in [0.29, 0.717) is 25.7 Å². The zero-order valence-corrected chi connectivity index (χ0v) is 19.3. The van der Waals surface area contributed by atoms with E-state index in [-0.39, 0.29) is 11.5 Å².